The van der Waals surface area contributed by atoms with E-state index < -0.39 is 0 Å². The van der Waals surface area contributed by atoms with Crippen LogP contribution in [0.25, 0.3) is 0 Å². The summed E-state index contributed by atoms with van der Waals surface area (Å²) in [5.41, 5.74) is 14.1. The Hall–Kier alpha value is -0.780. The predicted molar refractivity (Wildman–Crippen MR) is 52.4 cm³/mol. The molecular formula is C2H10N8S2. The van der Waals surface area contributed by atoms with Crippen LogP contribution in [0.15, 0.2) is 0 Å². The minimum Gasteiger partial charge on any atom is -0.300 e. The van der Waals surface area contributed by atoms with Crippen molar-refractivity contribution in [3.8, 4) is 0 Å². The Bertz CT molecular complexity index is 139. The van der Waals surface area contributed by atoms with Gasteiger partial charge in [0, 0.05) is 0 Å². The van der Waals surface area contributed by atoms with Crippen LogP contribution >= 0.6 is 24.4 Å². The first-order valence-electron chi connectivity index (χ1n) is 2.74. The summed E-state index contributed by atoms with van der Waals surface area (Å²) < 4.78 is 0. The second-order valence-corrected chi connectivity index (χ2v) is 2.26. The summed E-state index contributed by atoms with van der Waals surface area (Å²) in [6, 6.07) is 0. The van der Waals surface area contributed by atoms with Crippen molar-refractivity contribution in [1.82, 2.24) is 32.8 Å². The lowest BCUT2D eigenvalue weighted by Crippen LogP contribution is -2.59. The Morgan fingerprint density at radius 2 is 1.17 bits per heavy atom. The first kappa shape index (κ1) is 11.2. The lowest BCUT2D eigenvalue weighted by Gasteiger charge is -2.11. The molecule has 0 rings (SSSR count). The molecule has 0 aliphatic heterocycles. The Balaban J connectivity index is 3.21. The zero-order chi connectivity index (χ0) is 9.40. The highest BCUT2D eigenvalue weighted by molar-refractivity contribution is 7.80. The zero-order valence-electron chi connectivity index (χ0n) is 5.97. The van der Waals surface area contributed by atoms with E-state index in [0.717, 1.165) is 0 Å². The fourth-order valence-corrected chi connectivity index (χ4v) is 0.350. The minimum atomic E-state index is 0.218. The van der Waals surface area contributed by atoms with E-state index >= 15 is 0 Å². The largest absolute Gasteiger partial charge is 0.300 e. The van der Waals surface area contributed by atoms with Gasteiger partial charge in [-0.25, -0.2) is 11.7 Å². The van der Waals surface area contributed by atoms with Gasteiger partial charge in [0.05, 0.1) is 0 Å². The summed E-state index contributed by atoms with van der Waals surface area (Å²) in [7, 11) is 0. The molecule has 0 saturated carbocycles. The van der Waals surface area contributed by atoms with Crippen LogP contribution in [-0.2, 0) is 0 Å². The molecule has 0 unspecified atom stereocenters. The molecular weight excluding hydrogens is 200 g/mol. The van der Waals surface area contributed by atoms with Crippen molar-refractivity contribution in [3.05, 3.63) is 0 Å². The molecule has 0 atom stereocenters. The van der Waals surface area contributed by atoms with Crippen LogP contribution in [0.5, 0.6) is 0 Å². The number of hydrogen-bond acceptors (Lipinski definition) is 6. The molecule has 70 valence electrons. The SMILES string of the molecule is NNC(=S)NNNNC(=S)NN. The van der Waals surface area contributed by atoms with E-state index in [-0.39, 0.29) is 10.2 Å². The molecule has 12 heavy (non-hydrogen) atoms. The lowest BCUT2D eigenvalue weighted by atomic mass is 11.2. The van der Waals surface area contributed by atoms with Crippen LogP contribution in [0.3, 0.4) is 0 Å². The number of nitrogens with two attached hydrogens (primary N) is 2. The van der Waals surface area contributed by atoms with Crippen molar-refractivity contribution < 1.29 is 0 Å². The Morgan fingerprint density at radius 3 is 1.42 bits per heavy atom. The van der Waals surface area contributed by atoms with Gasteiger partial charge in [0.15, 0.2) is 10.2 Å². The highest BCUT2D eigenvalue weighted by Crippen LogP contribution is 1.54. The van der Waals surface area contributed by atoms with Crippen LogP contribution in [0.4, 0.5) is 0 Å². The van der Waals surface area contributed by atoms with Gasteiger partial charge >= 0.3 is 0 Å². The van der Waals surface area contributed by atoms with Crippen molar-refractivity contribution in [3.63, 3.8) is 0 Å². The van der Waals surface area contributed by atoms with Gasteiger partial charge in [0.1, 0.15) is 0 Å². The van der Waals surface area contributed by atoms with Crippen molar-refractivity contribution in [2.24, 2.45) is 11.7 Å². The van der Waals surface area contributed by atoms with E-state index in [9.17, 15) is 0 Å². The van der Waals surface area contributed by atoms with Crippen molar-refractivity contribution >= 4 is 34.7 Å². The monoisotopic (exact) mass is 210 g/mol. The average molecular weight is 210 g/mol. The van der Waals surface area contributed by atoms with Gasteiger partial charge < -0.3 is 0 Å². The van der Waals surface area contributed by atoms with Gasteiger partial charge in [-0.15, -0.1) is 0 Å². The zero-order valence-corrected chi connectivity index (χ0v) is 7.60. The second kappa shape index (κ2) is 6.90. The van der Waals surface area contributed by atoms with Crippen LogP contribution in [0.1, 0.15) is 0 Å². The van der Waals surface area contributed by atoms with E-state index in [0.29, 0.717) is 0 Å². The molecule has 0 bridgehead atoms. The Morgan fingerprint density at radius 1 is 0.833 bits per heavy atom. The molecule has 10 N–H and O–H groups in total. The van der Waals surface area contributed by atoms with Crippen LogP contribution in [0, 0.1) is 0 Å². The summed E-state index contributed by atoms with van der Waals surface area (Å²) >= 11 is 9.22. The average Bonchev–Trinajstić information content (AvgIpc) is 2.11. The van der Waals surface area contributed by atoms with E-state index in [2.05, 4.69) is 57.2 Å². The quantitative estimate of drug-likeness (QED) is 0.103. The Labute approximate surface area is 79.7 Å². The summed E-state index contributed by atoms with van der Waals surface area (Å²) in [4.78, 5) is 0. The first-order valence-corrected chi connectivity index (χ1v) is 3.55. The molecule has 0 aromatic rings. The molecule has 0 spiro atoms. The number of thiocarbonyl (C=S) groups is 2. The lowest BCUT2D eigenvalue weighted by molar-refractivity contribution is 0.471. The smallest absolute Gasteiger partial charge is 0.196 e. The summed E-state index contributed by atoms with van der Waals surface area (Å²) in [5, 5.41) is 0.437. The van der Waals surface area contributed by atoms with Gasteiger partial charge in [-0.05, 0) is 24.4 Å². The van der Waals surface area contributed by atoms with Gasteiger partial charge in [-0.3, -0.25) is 21.7 Å². The number of hydrazine groups is 5. The molecule has 0 aliphatic rings. The van der Waals surface area contributed by atoms with Gasteiger partial charge in [-0.2, -0.15) is 11.1 Å². The predicted octanol–water partition coefficient (Wildman–Crippen LogP) is -3.41. The van der Waals surface area contributed by atoms with Gasteiger partial charge in [0.2, 0.25) is 0 Å². The summed E-state index contributed by atoms with van der Waals surface area (Å²) in [6.07, 6.45) is 0. The molecule has 0 amide bonds. The first-order chi connectivity index (χ1) is 5.70. The normalized spacial score (nSPS) is 8.50. The highest BCUT2D eigenvalue weighted by Gasteiger charge is 1.89. The maximum Gasteiger partial charge on any atom is 0.196 e. The van der Waals surface area contributed by atoms with Gasteiger partial charge in [0.25, 0.3) is 0 Å². The third-order valence-electron chi connectivity index (χ3n) is 0.677. The minimum absolute atomic E-state index is 0.218. The van der Waals surface area contributed by atoms with Crippen molar-refractivity contribution in [1.29, 1.82) is 0 Å². The molecule has 0 aromatic heterocycles. The Kier molecular flexibility index (Phi) is 6.45. The van der Waals surface area contributed by atoms with E-state index in [1.807, 2.05) is 0 Å². The molecule has 0 fully saturated rings. The third kappa shape index (κ3) is 5.96. The molecule has 0 aliphatic carbocycles. The summed E-state index contributed by atoms with van der Waals surface area (Å²) in [5.74, 6) is 9.88. The van der Waals surface area contributed by atoms with E-state index in [1.165, 1.54) is 0 Å². The fourth-order valence-electron chi connectivity index (χ4n) is 0.248. The molecule has 8 nitrogen and oxygen atoms in total. The van der Waals surface area contributed by atoms with E-state index in [4.69, 9.17) is 11.7 Å². The standard InChI is InChI=1S/C2H10N8S2/c3-5-1(11)7-9-10-8-2(12)6-4/h9-10H,3-4H2,(H2,5,7,11)(H2,6,8,12). The van der Waals surface area contributed by atoms with Crippen molar-refractivity contribution in [2.75, 3.05) is 0 Å². The maximum absolute atomic E-state index is 4.94. The fraction of sp³-hybridized carbons (Fsp3) is 0. The van der Waals surface area contributed by atoms with E-state index in [1.54, 1.807) is 0 Å². The van der Waals surface area contributed by atoms with Crippen LogP contribution < -0.4 is 44.5 Å². The summed E-state index contributed by atoms with van der Waals surface area (Å²) in [6.45, 7) is 0. The molecule has 0 radical (unpaired) electrons. The molecule has 0 heterocycles. The van der Waals surface area contributed by atoms with Crippen LogP contribution in [0.2, 0.25) is 0 Å². The molecule has 0 aromatic carbocycles. The third-order valence-corrected chi connectivity index (χ3v) is 1.12. The second-order valence-electron chi connectivity index (χ2n) is 1.45. The van der Waals surface area contributed by atoms with Crippen molar-refractivity contribution in [2.45, 2.75) is 0 Å². The number of nitrogens with one attached hydrogen (secondary N) is 6. The highest BCUT2D eigenvalue weighted by atomic mass is 32.1. The molecule has 10 heteroatoms. The number of rotatable bonds is 3. The topological polar surface area (TPSA) is 124 Å². The van der Waals surface area contributed by atoms with Gasteiger partial charge in [-0.1, -0.05) is 0 Å². The molecule has 0 saturated heterocycles. The maximum atomic E-state index is 4.94. The van der Waals surface area contributed by atoms with Crippen LogP contribution in [-0.4, -0.2) is 10.2 Å². The number of hydrogen-bond donors (Lipinski definition) is 8.